The SMILES string of the molecule is CCCNCC(C)C(C)c1cccnc1. The molecule has 2 nitrogen and oxygen atoms in total. The van der Waals surface area contributed by atoms with Crippen molar-refractivity contribution in [2.45, 2.75) is 33.1 Å². The molecule has 1 aromatic rings. The molecular weight excluding hydrogens is 184 g/mol. The Hall–Kier alpha value is -0.890. The molecule has 0 radical (unpaired) electrons. The van der Waals surface area contributed by atoms with E-state index in [1.54, 1.807) is 0 Å². The number of rotatable bonds is 6. The molecule has 2 unspecified atom stereocenters. The normalized spacial score (nSPS) is 14.9. The molecule has 15 heavy (non-hydrogen) atoms. The van der Waals surface area contributed by atoms with E-state index in [2.05, 4.69) is 37.1 Å². The Kier molecular flexibility index (Phi) is 5.33. The highest BCUT2D eigenvalue weighted by Crippen LogP contribution is 2.22. The van der Waals surface area contributed by atoms with E-state index in [1.807, 2.05) is 18.5 Å². The Morgan fingerprint density at radius 1 is 1.40 bits per heavy atom. The lowest BCUT2D eigenvalue weighted by Crippen LogP contribution is -2.25. The van der Waals surface area contributed by atoms with Crippen LogP contribution in [0.4, 0.5) is 0 Å². The third-order valence-electron chi connectivity index (χ3n) is 2.96. The summed E-state index contributed by atoms with van der Waals surface area (Å²) in [6.07, 6.45) is 5.01. The van der Waals surface area contributed by atoms with E-state index in [1.165, 1.54) is 12.0 Å². The summed E-state index contributed by atoms with van der Waals surface area (Å²) in [5.41, 5.74) is 1.34. The first-order chi connectivity index (χ1) is 7.25. The van der Waals surface area contributed by atoms with Crippen molar-refractivity contribution in [1.82, 2.24) is 10.3 Å². The topological polar surface area (TPSA) is 24.9 Å². The van der Waals surface area contributed by atoms with Crippen LogP contribution in [0.1, 0.15) is 38.7 Å². The van der Waals surface area contributed by atoms with Crippen molar-refractivity contribution in [3.8, 4) is 0 Å². The fourth-order valence-corrected chi connectivity index (χ4v) is 1.66. The smallest absolute Gasteiger partial charge is 0.0302 e. The summed E-state index contributed by atoms with van der Waals surface area (Å²) < 4.78 is 0. The molecule has 1 heterocycles. The van der Waals surface area contributed by atoms with E-state index in [0.717, 1.165) is 13.1 Å². The fraction of sp³-hybridized carbons (Fsp3) is 0.615. The van der Waals surface area contributed by atoms with E-state index in [4.69, 9.17) is 0 Å². The molecule has 0 aromatic carbocycles. The lowest BCUT2D eigenvalue weighted by atomic mass is 9.90. The van der Waals surface area contributed by atoms with Gasteiger partial charge in [-0.15, -0.1) is 0 Å². The predicted octanol–water partition coefficient (Wildman–Crippen LogP) is 2.82. The van der Waals surface area contributed by atoms with Crippen LogP contribution in [0.2, 0.25) is 0 Å². The highest BCUT2D eigenvalue weighted by molar-refractivity contribution is 5.14. The molecule has 0 aliphatic rings. The minimum atomic E-state index is 0.572. The van der Waals surface area contributed by atoms with Crippen LogP contribution in [0.15, 0.2) is 24.5 Å². The first-order valence-electron chi connectivity index (χ1n) is 5.86. The molecule has 84 valence electrons. The standard InChI is InChI=1S/C13H22N2/c1-4-7-14-9-11(2)12(3)13-6-5-8-15-10-13/h5-6,8,10-12,14H,4,7,9H2,1-3H3. The third kappa shape index (κ3) is 4.00. The van der Waals surface area contributed by atoms with Gasteiger partial charge in [-0.05, 0) is 43.0 Å². The van der Waals surface area contributed by atoms with Crippen molar-refractivity contribution in [2.75, 3.05) is 13.1 Å². The number of aromatic nitrogens is 1. The highest BCUT2D eigenvalue weighted by Gasteiger charge is 2.13. The van der Waals surface area contributed by atoms with E-state index in [0.29, 0.717) is 11.8 Å². The maximum Gasteiger partial charge on any atom is 0.0302 e. The number of hydrogen-bond donors (Lipinski definition) is 1. The largest absolute Gasteiger partial charge is 0.316 e. The average molecular weight is 206 g/mol. The number of nitrogens with one attached hydrogen (secondary N) is 1. The van der Waals surface area contributed by atoms with Gasteiger partial charge in [0.15, 0.2) is 0 Å². The number of hydrogen-bond acceptors (Lipinski definition) is 2. The van der Waals surface area contributed by atoms with Crippen molar-refractivity contribution >= 4 is 0 Å². The third-order valence-corrected chi connectivity index (χ3v) is 2.96. The van der Waals surface area contributed by atoms with Gasteiger partial charge in [0.05, 0.1) is 0 Å². The van der Waals surface area contributed by atoms with Crippen LogP contribution < -0.4 is 5.32 Å². The summed E-state index contributed by atoms with van der Waals surface area (Å²) in [4.78, 5) is 4.16. The number of pyridine rings is 1. The Morgan fingerprint density at radius 2 is 2.20 bits per heavy atom. The molecule has 0 saturated heterocycles. The molecule has 0 amide bonds. The highest BCUT2D eigenvalue weighted by atomic mass is 14.8. The average Bonchev–Trinajstić information content (AvgIpc) is 2.29. The molecule has 0 spiro atoms. The predicted molar refractivity (Wildman–Crippen MR) is 65.0 cm³/mol. The quantitative estimate of drug-likeness (QED) is 0.724. The second-order valence-electron chi connectivity index (χ2n) is 4.26. The van der Waals surface area contributed by atoms with Crippen LogP contribution in [-0.2, 0) is 0 Å². The van der Waals surface area contributed by atoms with E-state index in [-0.39, 0.29) is 0 Å². The first-order valence-corrected chi connectivity index (χ1v) is 5.86. The lowest BCUT2D eigenvalue weighted by molar-refractivity contribution is 0.447. The van der Waals surface area contributed by atoms with Gasteiger partial charge in [-0.25, -0.2) is 0 Å². The lowest BCUT2D eigenvalue weighted by Gasteiger charge is -2.20. The summed E-state index contributed by atoms with van der Waals surface area (Å²) in [6.45, 7) is 8.96. The zero-order valence-corrected chi connectivity index (χ0v) is 10.0. The molecule has 0 fully saturated rings. The molecule has 0 aliphatic heterocycles. The molecule has 0 aliphatic carbocycles. The summed E-state index contributed by atoms with van der Waals surface area (Å²) in [6, 6.07) is 4.17. The Balaban J connectivity index is 2.42. The molecule has 1 rings (SSSR count). The van der Waals surface area contributed by atoms with Crippen LogP contribution in [0.25, 0.3) is 0 Å². The Bertz CT molecular complexity index is 258. The summed E-state index contributed by atoms with van der Waals surface area (Å²) in [5.74, 6) is 1.23. The zero-order valence-electron chi connectivity index (χ0n) is 10.0. The van der Waals surface area contributed by atoms with E-state index < -0.39 is 0 Å². The van der Waals surface area contributed by atoms with E-state index in [9.17, 15) is 0 Å². The zero-order chi connectivity index (χ0) is 11.1. The van der Waals surface area contributed by atoms with Crippen molar-refractivity contribution in [2.24, 2.45) is 5.92 Å². The van der Waals surface area contributed by atoms with Gasteiger partial charge in [-0.1, -0.05) is 26.8 Å². The summed E-state index contributed by atoms with van der Waals surface area (Å²) >= 11 is 0. The first kappa shape index (κ1) is 12.2. The minimum Gasteiger partial charge on any atom is -0.316 e. The van der Waals surface area contributed by atoms with Crippen LogP contribution in [0.5, 0.6) is 0 Å². The van der Waals surface area contributed by atoms with Crippen LogP contribution in [0.3, 0.4) is 0 Å². The van der Waals surface area contributed by atoms with Crippen molar-refractivity contribution < 1.29 is 0 Å². The van der Waals surface area contributed by atoms with Crippen molar-refractivity contribution in [3.63, 3.8) is 0 Å². The van der Waals surface area contributed by atoms with Gasteiger partial charge in [0.25, 0.3) is 0 Å². The Labute approximate surface area is 93.1 Å². The van der Waals surface area contributed by atoms with E-state index >= 15 is 0 Å². The Morgan fingerprint density at radius 3 is 2.80 bits per heavy atom. The maximum absolute atomic E-state index is 4.16. The maximum atomic E-state index is 4.16. The molecular formula is C13H22N2. The molecule has 2 atom stereocenters. The van der Waals surface area contributed by atoms with Gasteiger partial charge in [0, 0.05) is 12.4 Å². The second kappa shape index (κ2) is 6.57. The van der Waals surface area contributed by atoms with Gasteiger partial charge in [-0.2, -0.15) is 0 Å². The summed E-state index contributed by atoms with van der Waals surface area (Å²) in [5, 5.41) is 3.47. The van der Waals surface area contributed by atoms with Crippen LogP contribution >= 0.6 is 0 Å². The fourth-order valence-electron chi connectivity index (χ4n) is 1.66. The molecule has 0 saturated carbocycles. The molecule has 2 heteroatoms. The summed E-state index contributed by atoms with van der Waals surface area (Å²) in [7, 11) is 0. The molecule has 1 aromatic heterocycles. The van der Waals surface area contributed by atoms with Gasteiger partial charge >= 0.3 is 0 Å². The molecule has 0 bridgehead atoms. The molecule has 1 N–H and O–H groups in total. The van der Waals surface area contributed by atoms with Crippen molar-refractivity contribution in [1.29, 1.82) is 0 Å². The monoisotopic (exact) mass is 206 g/mol. The van der Waals surface area contributed by atoms with Crippen molar-refractivity contribution in [3.05, 3.63) is 30.1 Å². The minimum absolute atomic E-state index is 0.572. The van der Waals surface area contributed by atoms with Crippen LogP contribution in [0, 0.1) is 5.92 Å². The number of nitrogens with zero attached hydrogens (tertiary/aromatic N) is 1. The van der Waals surface area contributed by atoms with Gasteiger partial charge < -0.3 is 5.32 Å². The second-order valence-corrected chi connectivity index (χ2v) is 4.26. The van der Waals surface area contributed by atoms with Crippen LogP contribution in [-0.4, -0.2) is 18.1 Å². The van der Waals surface area contributed by atoms with Gasteiger partial charge in [0.1, 0.15) is 0 Å². The van der Waals surface area contributed by atoms with Gasteiger partial charge in [0.2, 0.25) is 0 Å². The van der Waals surface area contributed by atoms with Gasteiger partial charge in [-0.3, -0.25) is 4.98 Å².